The van der Waals surface area contributed by atoms with Gasteiger partial charge in [-0.2, -0.15) is 0 Å². The molecule has 594 valence electrons. The SMILES string of the molecule is CC/C=C\C/C=C\C/C=C\C/C=C\CCCCCCCCC(=O)OCC(COP(=O)(O)OCC(O)COP(=O)(O)OCC(COC(=O)CCCCCCC/C=C\C/C=C\CCCCC)OC(=O)CCCCCCC/C=C\C/C=C\CCC)OC(=O)CCCCCC/C=C\C/C=C\C/C=C\C/C=C\CC. The molecule has 0 aliphatic rings. The minimum Gasteiger partial charge on any atom is -0.462 e. The number of carbonyl (C=O) groups is 4. The molecule has 17 nitrogen and oxygen atoms in total. The number of rotatable bonds is 74. The molecule has 0 fully saturated rings. The van der Waals surface area contributed by atoms with Crippen molar-refractivity contribution in [3.63, 3.8) is 0 Å². The molecule has 0 aliphatic carbocycles. The van der Waals surface area contributed by atoms with Crippen LogP contribution in [0.5, 0.6) is 0 Å². The van der Waals surface area contributed by atoms with E-state index in [0.29, 0.717) is 25.7 Å². The van der Waals surface area contributed by atoms with E-state index in [4.69, 9.17) is 37.0 Å². The number of esters is 4. The van der Waals surface area contributed by atoms with Crippen molar-refractivity contribution in [3.8, 4) is 0 Å². The second kappa shape index (κ2) is 76.1. The molecule has 0 amide bonds. The lowest BCUT2D eigenvalue weighted by Gasteiger charge is -2.21. The Balaban J connectivity index is 5.42. The van der Waals surface area contributed by atoms with Crippen molar-refractivity contribution < 1.29 is 80.2 Å². The van der Waals surface area contributed by atoms with Crippen LogP contribution >= 0.6 is 15.6 Å². The van der Waals surface area contributed by atoms with Gasteiger partial charge < -0.3 is 33.8 Å². The molecule has 5 unspecified atom stereocenters. The van der Waals surface area contributed by atoms with Crippen LogP contribution in [-0.4, -0.2) is 96.7 Å². The second-order valence-electron chi connectivity index (χ2n) is 26.2. The molecule has 0 aromatic heterocycles. The zero-order valence-electron chi connectivity index (χ0n) is 64.9. The van der Waals surface area contributed by atoms with Gasteiger partial charge in [-0.3, -0.25) is 37.3 Å². The fourth-order valence-corrected chi connectivity index (χ4v) is 11.8. The molecule has 0 spiro atoms. The molecule has 0 heterocycles. The standard InChI is InChI=1S/C85H142O17P2/c1-5-9-13-17-21-25-29-33-36-38-39-41-43-47-50-54-58-62-66-70-83(88)96-76-81(102-85(90)72-68-64-60-56-52-48-44-40-37-34-30-26-22-18-14-10-6-2)78-100-104(93,94)98-74-79(86)73-97-103(91,92)99-77-80(101-84(89)71-67-63-59-55-51-45-32-28-24-20-16-12-8-4)75-95-82(87)69-65-61-57-53-49-46-42-35-31-27-23-19-15-11-7-3/h9-10,13-14,16,20-23,25-28,32-37,39,41-42,44,48,79-81,86H,5-8,11-12,15,17-19,24,29-31,38,40,43,45-47,49-78H2,1-4H3,(H,91,92)(H,93,94)/b13-9-,14-10-,20-16-,25-21-,26-22-,27-23-,32-28-,36-33-,37-34-,41-39-,42-35-,48-44-. The molecule has 0 radical (unpaired) electrons. The smallest absolute Gasteiger partial charge is 0.462 e. The van der Waals surface area contributed by atoms with Gasteiger partial charge >= 0.3 is 39.5 Å². The minimum atomic E-state index is -5.00. The number of phosphoric ester groups is 2. The van der Waals surface area contributed by atoms with Crippen molar-refractivity contribution in [2.75, 3.05) is 39.6 Å². The van der Waals surface area contributed by atoms with E-state index in [1.165, 1.54) is 19.3 Å². The fraction of sp³-hybridized carbons (Fsp3) is 0.671. The highest BCUT2D eigenvalue weighted by Crippen LogP contribution is 2.45. The van der Waals surface area contributed by atoms with Crippen molar-refractivity contribution >= 4 is 39.5 Å². The molecule has 0 bridgehead atoms. The second-order valence-corrected chi connectivity index (χ2v) is 29.1. The van der Waals surface area contributed by atoms with E-state index < -0.39 is 97.5 Å². The van der Waals surface area contributed by atoms with Gasteiger partial charge in [-0.1, -0.05) is 270 Å². The summed E-state index contributed by atoms with van der Waals surface area (Å²) >= 11 is 0. The topological polar surface area (TPSA) is 237 Å². The van der Waals surface area contributed by atoms with Gasteiger partial charge in [0.05, 0.1) is 26.4 Å². The van der Waals surface area contributed by atoms with Crippen molar-refractivity contribution in [2.45, 2.75) is 329 Å². The van der Waals surface area contributed by atoms with Crippen molar-refractivity contribution in [2.24, 2.45) is 0 Å². The molecular formula is C85H142O17P2. The summed E-state index contributed by atoms with van der Waals surface area (Å²) in [5.74, 6) is -2.25. The first-order valence-electron chi connectivity index (χ1n) is 40.1. The number of hydrogen-bond acceptors (Lipinski definition) is 15. The Hall–Kier alpha value is -5.06. The van der Waals surface area contributed by atoms with Crippen LogP contribution in [0.15, 0.2) is 146 Å². The van der Waals surface area contributed by atoms with Crippen LogP contribution in [0.1, 0.15) is 310 Å². The fourth-order valence-electron chi connectivity index (χ4n) is 10.2. The molecular weight excluding hydrogens is 1350 g/mol. The highest BCUT2D eigenvalue weighted by atomic mass is 31.2. The Morgan fingerprint density at radius 3 is 0.808 bits per heavy atom. The summed E-state index contributed by atoms with van der Waals surface area (Å²) < 4.78 is 68.6. The number of allylic oxidation sites excluding steroid dienone is 24. The highest BCUT2D eigenvalue weighted by molar-refractivity contribution is 7.47. The predicted octanol–water partition coefficient (Wildman–Crippen LogP) is 23.4. The number of phosphoric acid groups is 2. The molecule has 5 atom stereocenters. The number of ether oxygens (including phenoxy) is 4. The van der Waals surface area contributed by atoms with Crippen LogP contribution in [-0.2, 0) is 65.4 Å². The van der Waals surface area contributed by atoms with Crippen LogP contribution in [0.25, 0.3) is 0 Å². The van der Waals surface area contributed by atoms with E-state index in [9.17, 15) is 43.2 Å². The van der Waals surface area contributed by atoms with E-state index >= 15 is 0 Å². The molecule has 0 saturated carbocycles. The van der Waals surface area contributed by atoms with E-state index in [0.717, 1.165) is 212 Å². The summed E-state index contributed by atoms with van der Waals surface area (Å²) in [5, 5.41) is 10.6. The summed E-state index contributed by atoms with van der Waals surface area (Å²) in [7, 11) is -9.98. The number of carbonyl (C=O) groups excluding carboxylic acids is 4. The lowest BCUT2D eigenvalue weighted by atomic mass is 10.1. The van der Waals surface area contributed by atoms with Gasteiger partial charge in [0, 0.05) is 25.7 Å². The third-order valence-corrected chi connectivity index (χ3v) is 18.2. The third-order valence-electron chi connectivity index (χ3n) is 16.2. The van der Waals surface area contributed by atoms with Crippen LogP contribution in [0, 0.1) is 0 Å². The number of unbranched alkanes of at least 4 members (excludes halogenated alkanes) is 24. The first-order valence-corrected chi connectivity index (χ1v) is 43.1. The summed E-state index contributed by atoms with van der Waals surface area (Å²) in [6.07, 6.45) is 86.8. The lowest BCUT2D eigenvalue weighted by molar-refractivity contribution is -0.161. The maximum absolute atomic E-state index is 13.1. The lowest BCUT2D eigenvalue weighted by Crippen LogP contribution is -2.30. The Morgan fingerprint density at radius 1 is 0.279 bits per heavy atom. The predicted molar refractivity (Wildman–Crippen MR) is 427 cm³/mol. The summed E-state index contributed by atoms with van der Waals surface area (Å²) in [6, 6.07) is 0. The van der Waals surface area contributed by atoms with Crippen LogP contribution in [0.4, 0.5) is 0 Å². The molecule has 0 aromatic carbocycles. The van der Waals surface area contributed by atoms with Gasteiger partial charge in [-0.05, 0) is 161 Å². The van der Waals surface area contributed by atoms with Crippen molar-refractivity contribution in [1.82, 2.24) is 0 Å². The normalized spacial score (nSPS) is 14.6. The first-order chi connectivity index (χ1) is 50.7. The Kier molecular flexibility index (Phi) is 72.4. The molecule has 19 heteroatoms. The zero-order chi connectivity index (χ0) is 76.0. The molecule has 0 aliphatic heterocycles. The van der Waals surface area contributed by atoms with Crippen molar-refractivity contribution in [3.05, 3.63) is 146 Å². The van der Waals surface area contributed by atoms with Gasteiger partial charge in [0.1, 0.15) is 19.3 Å². The largest absolute Gasteiger partial charge is 0.472 e. The first kappa shape index (κ1) is 98.9. The number of aliphatic hydroxyl groups is 1. The monoisotopic (exact) mass is 1500 g/mol. The molecule has 0 aromatic rings. The van der Waals surface area contributed by atoms with Gasteiger partial charge in [-0.15, -0.1) is 0 Å². The molecule has 0 rings (SSSR count). The van der Waals surface area contributed by atoms with Gasteiger partial charge in [-0.25, -0.2) is 9.13 Å². The molecule has 3 N–H and O–H groups in total. The quantitative estimate of drug-likeness (QED) is 0.0169. The van der Waals surface area contributed by atoms with Gasteiger partial charge in [0.2, 0.25) is 0 Å². The van der Waals surface area contributed by atoms with Gasteiger partial charge in [0.25, 0.3) is 0 Å². The van der Waals surface area contributed by atoms with Crippen LogP contribution < -0.4 is 0 Å². The summed E-state index contributed by atoms with van der Waals surface area (Å²) in [5.41, 5.74) is 0. The Bertz CT molecular complexity index is 2540. The Labute approximate surface area is 630 Å². The average Bonchev–Trinajstić information content (AvgIpc) is 0.911. The number of hydrogen-bond donors (Lipinski definition) is 3. The van der Waals surface area contributed by atoms with Crippen LogP contribution in [0.3, 0.4) is 0 Å². The maximum atomic E-state index is 13.1. The minimum absolute atomic E-state index is 0.0587. The van der Waals surface area contributed by atoms with Gasteiger partial charge in [0.15, 0.2) is 12.2 Å². The Morgan fingerprint density at radius 2 is 0.519 bits per heavy atom. The van der Waals surface area contributed by atoms with E-state index in [1.54, 1.807) is 0 Å². The maximum Gasteiger partial charge on any atom is 0.472 e. The summed E-state index contributed by atoms with van der Waals surface area (Å²) in [6.45, 7) is 4.49. The zero-order valence-corrected chi connectivity index (χ0v) is 66.7. The average molecular weight is 1500 g/mol. The molecule has 0 saturated heterocycles. The van der Waals surface area contributed by atoms with Crippen LogP contribution in [0.2, 0.25) is 0 Å². The number of aliphatic hydroxyl groups excluding tert-OH is 1. The van der Waals surface area contributed by atoms with E-state index in [1.807, 2.05) is 0 Å². The molecule has 104 heavy (non-hydrogen) atoms. The summed E-state index contributed by atoms with van der Waals surface area (Å²) in [4.78, 5) is 73.0. The van der Waals surface area contributed by atoms with Crippen molar-refractivity contribution in [1.29, 1.82) is 0 Å². The van der Waals surface area contributed by atoms with E-state index in [-0.39, 0.29) is 25.7 Å². The third kappa shape index (κ3) is 75.2. The highest BCUT2D eigenvalue weighted by Gasteiger charge is 2.30. The van der Waals surface area contributed by atoms with E-state index in [2.05, 4.69) is 174 Å².